The molecular formula is C22H32IN7. The minimum atomic E-state index is 0. The van der Waals surface area contributed by atoms with E-state index in [0.29, 0.717) is 6.54 Å². The summed E-state index contributed by atoms with van der Waals surface area (Å²) in [6.45, 7) is 9.69. The van der Waals surface area contributed by atoms with Gasteiger partial charge in [-0.3, -0.25) is 0 Å². The summed E-state index contributed by atoms with van der Waals surface area (Å²) in [4.78, 5) is 21.0. The molecule has 0 spiro atoms. The normalized spacial score (nSPS) is 17.1. The second-order valence-corrected chi connectivity index (χ2v) is 7.55. The maximum absolute atomic E-state index is 4.92. The number of guanidine groups is 1. The molecule has 162 valence electrons. The number of hydrogen-bond donors (Lipinski definition) is 1. The van der Waals surface area contributed by atoms with Crippen LogP contribution in [0.3, 0.4) is 0 Å². The van der Waals surface area contributed by atoms with E-state index in [2.05, 4.69) is 55.1 Å². The van der Waals surface area contributed by atoms with Crippen LogP contribution < -0.4 is 15.1 Å². The van der Waals surface area contributed by atoms with Crippen molar-refractivity contribution in [3.05, 3.63) is 48.3 Å². The van der Waals surface area contributed by atoms with Gasteiger partial charge in [0.1, 0.15) is 11.6 Å². The monoisotopic (exact) mass is 521 g/mol. The fourth-order valence-electron chi connectivity index (χ4n) is 3.96. The van der Waals surface area contributed by atoms with E-state index in [9.17, 15) is 0 Å². The highest BCUT2D eigenvalue weighted by atomic mass is 127. The van der Waals surface area contributed by atoms with E-state index in [0.717, 1.165) is 63.4 Å². The molecule has 2 aromatic rings. The Morgan fingerprint density at radius 3 is 2.37 bits per heavy atom. The third-order valence-electron chi connectivity index (χ3n) is 5.54. The molecule has 0 aliphatic carbocycles. The molecule has 0 amide bonds. The molecule has 2 aliphatic rings. The van der Waals surface area contributed by atoms with Gasteiger partial charge in [0, 0.05) is 58.2 Å². The summed E-state index contributed by atoms with van der Waals surface area (Å²) >= 11 is 0. The van der Waals surface area contributed by atoms with Crippen LogP contribution in [-0.2, 0) is 6.54 Å². The van der Waals surface area contributed by atoms with Crippen LogP contribution in [0.1, 0.15) is 25.3 Å². The van der Waals surface area contributed by atoms with Crippen molar-refractivity contribution in [3.8, 4) is 0 Å². The summed E-state index contributed by atoms with van der Waals surface area (Å²) in [6.07, 6.45) is 6.30. The topological polar surface area (TPSA) is 59.9 Å². The van der Waals surface area contributed by atoms with Gasteiger partial charge in [-0.05, 0) is 49.6 Å². The van der Waals surface area contributed by atoms with Gasteiger partial charge in [-0.2, -0.15) is 0 Å². The Kier molecular flexibility index (Phi) is 8.53. The maximum Gasteiger partial charge on any atom is 0.194 e. The minimum absolute atomic E-state index is 0. The number of halogens is 1. The summed E-state index contributed by atoms with van der Waals surface area (Å²) in [5.74, 6) is 3.14. The lowest BCUT2D eigenvalue weighted by Gasteiger charge is -2.37. The summed E-state index contributed by atoms with van der Waals surface area (Å²) in [7, 11) is 0. The molecule has 2 saturated heterocycles. The van der Waals surface area contributed by atoms with E-state index in [-0.39, 0.29) is 24.0 Å². The number of pyridine rings is 2. The Morgan fingerprint density at radius 1 is 0.933 bits per heavy atom. The van der Waals surface area contributed by atoms with Crippen molar-refractivity contribution in [1.82, 2.24) is 20.2 Å². The molecule has 2 aromatic heterocycles. The molecule has 1 N–H and O–H groups in total. The summed E-state index contributed by atoms with van der Waals surface area (Å²) in [5, 5.41) is 3.46. The highest BCUT2D eigenvalue weighted by Gasteiger charge is 2.20. The molecule has 0 aromatic carbocycles. The predicted molar refractivity (Wildman–Crippen MR) is 134 cm³/mol. The zero-order valence-corrected chi connectivity index (χ0v) is 20.0. The number of aromatic nitrogens is 2. The van der Waals surface area contributed by atoms with Crippen molar-refractivity contribution in [2.45, 2.75) is 26.3 Å². The first kappa shape index (κ1) is 22.6. The molecule has 4 rings (SSSR count). The van der Waals surface area contributed by atoms with Crippen LogP contribution in [0, 0.1) is 0 Å². The number of hydrogen-bond acceptors (Lipinski definition) is 5. The summed E-state index contributed by atoms with van der Waals surface area (Å²) in [5.41, 5.74) is 1.21. The Bertz CT molecular complexity index is 800. The molecule has 0 bridgehead atoms. The quantitative estimate of drug-likeness (QED) is 0.371. The average molecular weight is 521 g/mol. The minimum Gasteiger partial charge on any atom is -0.357 e. The van der Waals surface area contributed by atoms with Gasteiger partial charge in [-0.15, -0.1) is 24.0 Å². The highest BCUT2D eigenvalue weighted by molar-refractivity contribution is 14.0. The van der Waals surface area contributed by atoms with Crippen LogP contribution in [0.2, 0.25) is 0 Å². The van der Waals surface area contributed by atoms with E-state index in [1.807, 2.05) is 24.5 Å². The third-order valence-corrected chi connectivity index (χ3v) is 5.54. The van der Waals surface area contributed by atoms with Gasteiger partial charge < -0.3 is 20.0 Å². The Labute approximate surface area is 196 Å². The summed E-state index contributed by atoms with van der Waals surface area (Å²) in [6, 6.07) is 10.4. The van der Waals surface area contributed by atoms with Crippen molar-refractivity contribution in [3.63, 3.8) is 0 Å². The van der Waals surface area contributed by atoms with Crippen molar-refractivity contribution < 1.29 is 0 Å². The number of aliphatic imine (C=N–C) groups is 1. The van der Waals surface area contributed by atoms with Gasteiger partial charge in [0.15, 0.2) is 5.96 Å². The van der Waals surface area contributed by atoms with Gasteiger partial charge in [0.05, 0.1) is 6.54 Å². The largest absolute Gasteiger partial charge is 0.357 e. The van der Waals surface area contributed by atoms with Crippen LogP contribution in [0.15, 0.2) is 47.7 Å². The highest BCUT2D eigenvalue weighted by Crippen LogP contribution is 2.19. The molecule has 0 unspecified atom stereocenters. The molecule has 2 fully saturated rings. The lowest BCUT2D eigenvalue weighted by Crippen LogP contribution is -2.52. The van der Waals surface area contributed by atoms with Crippen LogP contribution in [-0.4, -0.2) is 66.6 Å². The van der Waals surface area contributed by atoms with Crippen molar-refractivity contribution in [2.75, 3.05) is 55.6 Å². The van der Waals surface area contributed by atoms with Crippen molar-refractivity contribution in [2.24, 2.45) is 4.99 Å². The fraction of sp³-hybridized carbons (Fsp3) is 0.500. The number of piperazine rings is 1. The molecule has 2 aliphatic heterocycles. The standard InChI is InChI=1S/C22H31N7.HI/c1-2-23-22(29-15-13-28(14-16-29)20-7-3-4-9-24-20)26-18-19-8-10-25-21(17-19)27-11-5-6-12-27;/h3-4,7-10,17H,2,5-6,11-16,18H2,1H3,(H,23,26);1H. The Morgan fingerprint density at radius 2 is 1.67 bits per heavy atom. The van der Waals surface area contributed by atoms with Crippen LogP contribution >= 0.6 is 24.0 Å². The second kappa shape index (κ2) is 11.3. The first-order chi connectivity index (χ1) is 14.3. The molecule has 7 nitrogen and oxygen atoms in total. The maximum atomic E-state index is 4.92. The molecule has 0 atom stereocenters. The Balaban J connectivity index is 0.00000256. The predicted octanol–water partition coefficient (Wildman–Crippen LogP) is 2.98. The molecule has 0 radical (unpaired) electrons. The number of nitrogens with zero attached hydrogens (tertiary/aromatic N) is 6. The van der Waals surface area contributed by atoms with Crippen molar-refractivity contribution >= 4 is 41.6 Å². The molecule has 8 heteroatoms. The van der Waals surface area contributed by atoms with E-state index in [1.165, 1.54) is 18.4 Å². The van der Waals surface area contributed by atoms with Gasteiger partial charge in [-0.25, -0.2) is 15.0 Å². The second-order valence-electron chi connectivity index (χ2n) is 7.55. The first-order valence-corrected chi connectivity index (χ1v) is 10.7. The van der Waals surface area contributed by atoms with Crippen LogP contribution in [0.4, 0.5) is 11.6 Å². The lowest BCUT2D eigenvalue weighted by atomic mass is 10.2. The Hall–Kier alpha value is -2.10. The van der Waals surface area contributed by atoms with Gasteiger partial charge in [-0.1, -0.05) is 6.07 Å². The summed E-state index contributed by atoms with van der Waals surface area (Å²) < 4.78 is 0. The lowest BCUT2D eigenvalue weighted by molar-refractivity contribution is 0.371. The SMILES string of the molecule is CCNC(=NCc1ccnc(N2CCCC2)c1)N1CCN(c2ccccn2)CC1.I. The molecule has 4 heterocycles. The fourth-order valence-corrected chi connectivity index (χ4v) is 3.96. The average Bonchev–Trinajstić information content (AvgIpc) is 3.33. The molecule has 0 saturated carbocycles. The van der Waals surface area contributed by atoms with Gasteiger partial charge in [0.2, 0.25) is 0 Å². The number of nitrogens with one attached hydrogen (secondary N) is 1. The molecule has 30 heavy (non-hydrogen) atoms. The van der Waals surface area contributed by atoms with E-state index in [1.54, 1.807) is 0 Å². The third kappa shape index (κ3) is 5.74. The zero-order chi connectivity index (χ0) is 19.9. The zero-order valence-electron chi connectivity index (χ0n) is 17.7. The van der Waals surface area contributed by atoms with Gasteiger partial charge in [0.25, 0.3) is 0 Å². The van der Waals surface area contributed by atoms with Crippen LogP contribution in [0.5, 0.6) is 0 Å². The first-order valence-electron chi connectivity index (χ1n) is 10.7. The van der Waals surface area contributed by atoms with E-state index < -0.39 is 0 Å². The van der Waals surface area contributed by atoms with Crippen LogP contribution in [0.25, 0.3) is 0 Å². The number of anilines is 2. The number of rotatable bonds is 5. The smallest absolute Gasteiger partial charge is 0.194 e. The van der Waals surface area contributed by atoms with Crippen molar-refractivity contribution in [1.29, 1.82) is 0 Å². The van der Waals surface area contributed by atoms with E-state index in [4.69, 9.17) is 4.99 Å². The molecular weight excluding hydrogens is 489 g/mol. The van der Waals surface area contributed by atoms with Gasteiger partial charge >= 0.3 is 0 Å². The van der Waals surface area contributed by atoms with E-state index >= 15 is 0 Å².